The quantitative estimate of drug-likeness (QED) is 0.680. The van der Waals surface area contributed by atoms with Crippen molar-refractivity contribution < 1.29 is 5.11 Å². The molecule has 3 heterocycles. The summed E-state index contributed by atoms with van der Waals surface area (Å²) in [5, 5.41) is 17.7. The highest BCUT2D eigenvalue weighted by Gasteiger charge is 2.23. The number of hydrogen-bond donors (Lipinski definition) is 3. The predicted molar refractivity (Wildman–Crippen MR) is 76.3 cm³/mol. The Hall–Kier alpha value is -2.48. The number of aliphatic hydroxyl groups excluding tert-OH is 1. The molecule has 1 atom stereocenters. The number of H-pyrrole nitrogens is 2. The Balaban J connectivity index is 2.05. The van der Waals surface area contributed by atoms with Crippen molar-refractivity contribution in [3.8, 4) is 11.3 Å². The molecule has 0 spiro atoms. The number of nitrogens with one attached hydrogen (secondary N) is 2. The highest BCUT2D eigenvalue weighted by molar-refractivity contribution is 5.64. The molecule has 1 aliphatic rings. The van der Waals surface area contributed by atoms with E-state index in [2.05, 4.69) is 20.2 Å². The minimum absolute atomic E-state index is 0.253. The van der Waals surface area contributed by atoms with Gasteiger partial charge in [-0.05, 0) is 19.4 Å². The molecule has 21 heavy (non-hydrogen) atoms. The van der Waals surface area contributed by atoms with Gasteiger partial charge < -0.3 is 15.0 Å². The average Bonchev–Trinajstić information content (AvgIpc) is 2.86. The van der Waals surface area contributed by atoms with E-state index in [1.807, 2.05) is 11.8 Å². The van der Waals surface area contributed by atoms with E-state index in [9.17, 15) is 14.7 Å². The molecule has 0 bridgehead atoms. The minimum Gasteiger partial charge on any atom is -0.391 e. The maximum absolute atomic E-state index is 11.8. The highest BCUT2D eigenvalue weighted by atomic mass is 16.3. The topological polar surface area (TPSA) is 115 Å². The first-order chi connectivity index (χ1) is 10.0. The fraction of sp³-hybridized carbons (Fsp3) is 0.385. The van der Waals surface area contributed by atoms with Gasteiger partial charge in [-0.25, -0.2) is 4.79 Å². The molecule has 110 valence electrons. The molecule has 0 amide bonds. The predicted octanol–water partition coefficient (Wildman–Crippen LogP) is -0.600. The van der Waals surface area contributed by atoms with Crippen molar-refractivity contribution in [2.75, 3.05) is 18.0 Å². The second-order valence-electron chi connectivity index (χ2n) is 5.07. The zero-order valence-corrected chi connectivity index (χ0v) is 11.5. The van der Waals surface area contributed by atoms with Gasteiger partial charge in [0.25, 0.3) is 5.56 Å². The van der Waals surface area contributed by atoms with Gasteiger partial charge in [0, 0.05) is 19.3 Å². The lowest BCUT2D eigenvalue weighted by Gasteiger charge is -2.19. The third kappa shape index (κ3) is 2.57. The van der Waals surface area contributed by atoms with Crippen molar-refractivity contribution in [1.29, 1.82) is 0 Å². The Kier molecular flexibility index (Phi) is 3.30. The van der Waals surface area contributed by atoms with Crippen LogP contribution in [0.1, 0.15) is 12.1 Å². The smallest absolute Gasteiger partial charge is 0.325 e. The van der Waals surface area contributed by atoms with Gasteiger partial charge in [0.15, 0.2) is 0 Å². The first-order valence-corrected chi connectivity index (χ1v) is 6.64. The van der Waals surface area contributed by atoms with Gasteiger partial charge >= 0.3 is 5.69 Å². The van der Waals surface area contributed by atoms with E-state index in [1.54, 1.807) is 6.07 Å². The molecule has 3 N–H and O–H groups in total. The van der Waals surface area contributed by atoms with Crippen LogP contribution in [0, 0.1) is 6.92 Å². The molecule has 2 aromatic rings. The summed E-state index contributed by atoms with van der Waals surface area (Å²) < 4.78 is 0. The number of nitrogens with zero attached hydrogens (tertiary/aromatic N) is 3. The summed E-state index contributed by atoms with van der Waals surface area (Å²) in [6.07, 6.45) is 1.68. The van der Waals surface area contributed by atoms with Crippen molar-refractivity contribution in [3.63, 3.8) is 0 Å². The lowest BCUT2D eigenvalue weighted by Crippen LogP contribution is -2.24. The second kappa shape index (κ2) is 5.13. The fourth-order valence-corrected chi connectivity index (χ4v) is 2.46. The normalized spacial score (nSPS) is 18.2. The van der Waals surface area contributed by atoms with E-state index in [-0.39, 0.29) is 11.7 Å². The van der Waals surface area contributed by atoms with Crippen molar-refractivity contribution in [3.05, 3.63) is 38.8 Å². The van der Waals surface area contributed by atoms with Gasteiger partial charge in [-0.1, -0.05) is 0 Å². The number of aromatic nitrogens is 4. The molecule has 0 aromatic carbocycles. The van der Waals surface area contributed by atoms with Gasteiger partial charge in [-0.2, -0.15) is 5.10 Å². The highest BCUT2D eigenvalue weighted by Crippen LogP contribution is 2.25. The molecule has 1 saturated heterocycles. The summed E-state index contributed by atoms with van der Waals surface area (Å²) in [6, 6.07) is 1.75. The Morgan fingerprint density at radius 1 is 1.38 bits per heavy atom. The summed E-state index contributed by atoms with van der Waals surface area (Å²) in [7, 11) is 0. The molecular formula is C13H15N5O3. The van der Waals surface area contributed by atoms with Crippen LogP contribution >= 0.6 is 0 Å². The number of anilines is 1. The van der Waals surface area contributed by atoms with Crippen LogP contribution in [0.3, 0.4) is 0 Å². The molecule has 1 aliphatic heterocycles. The number of aromatic amines is 2. The number of aryl methyl sites for hydroxylation is 1. The molecule has 0 saturated carbocycles. The van der Waals surface area contributed by atoms with Gasteiger partial charge in [0.2, 0.25) is 0 Å². The summed E-state index contributed by atoms with van der Waals surface area (Å²) in [4.78, 5) is 29.5. The van der Waals surface area contributed by atoms with E-state index in [0.29, 0.717) is 18.7 Å². The first kappa shape index (κ1) is 13.5. The van der Waals surface area contributed by atoms with Crippen LogP contribution in [0.15, 0.2) is 21.9 Å². The Morgan fingerprint density at radius 2 is 2.19 bits per heavy atom. The number of hydrogen-bond acceptors (Lipinski definition) is 6. The number of β-amino-alcohol motifs (C(OH)–C–C–N with tert-alkyl or cyclic N) is 1. The Labute approximate surface area is 119 Å². The van der Waals surface area contributed by atoms with Crippen LogP contribution in [0.5, 0.6) is 0 Å². The molecule has 0 radical (unpaired) electrons. The van der Waals surface area contributed by atoms with Gasteiger partial charge in [-0.3, -0.25) is 9.78 Å². The summed E-state index contributed by atoms with van der Waals surface area (Å²) >= 11 is 0. The molecule has 8 nitrogen and oxygen atoms in total. The molecule has 3 rings (SSSR count). The maximum atomic E-state index is 11.8. The molecular weight excluding hydrogens is 274 g/mol. The minimum atomic E-state index is -0.563. The van der Waals surface area contributed by atoms with Gasteiger partial charge in [0.05, 0.1) is 23.0 Å². The third-order valence-electron chi connectivity index (χ3n) is 3.55. The van der Waals surface area contributed by atoms with Crippen molar-refractivity contribution in [2.24, 2.45) is 0 Å². The van der Waals surface area contributed by atoms with Crippen LogP contribution in [0.2, 0.25) is 0 Å². The molecule has 2 aromatic heterocycles. The summed E-state index contributed by atoms with van der Waals surface area (Å²) in [5.41, 5.74) is 1.13. The largest absolute Gasteiger partial charge is 0.391 e. The van der Waals surface area contributed by atoms with Crippen molar-refractivity contribution in [2.45, 2.75) is 19.4 Å². The van der Waals surface area contributed by atoms with Crippen molar-refractivity contribution in [1.82, 2.24) is 20.2 Å². The molecule has 1 fully saturated rings. The van der Waals surface area contributed by atoms with Crippen LogP contribution in [0.4, 0.5) is 5.69 Å². The summed E-state index contributed by atoms with van der Waals surface area (Å²) in [5.74, 6) is 0. The van der Waals surface area contributed by atoms with Crippen LogP contribution in [0.25, 0.3) is 11.3 Å². The zero-order valence-electron chi connectivity index (χ0n) is 11.5. The lowest BCUT2D eigenvalue weighted by molar-refractivity contribution is 0.198. The molecule has 0 aliphatic carbocycles. The molecule has 1 unspecified atom stereocenters. The number of aliphatic hydroxyl groups is 1. The van der Waals surface area contributed by atoms with Crippen LogP contribution in [-0.2, 0) is 0 Å². The summed E-state index contributed by atoms with van der Waals surface area (Å²) in [6.45, 7) is 3.09. The standard InChI is InChI=1S/C13H15N5O3/c1-7-11(18-3-2-8(19)6-18)4-10(17-16-7)9-5-14-13(21)15-12(9)20/h4-5,8,19H,2-3,6H2,1H3,(H2,14,15,20,21). The third-order valence-corrected chi connectivity index (χ3v) is 3.55. The van der Waals surface area contributed by atoms with Crippen molar-refractivity contribution >= 4 is 5.69 Å². The van der Waals surface area contributed by atoms with E-state index >= 15 is 0 Å². The van der Waals surface area contributed by atoms with Crippen LogP contribution in [-0.4, -0.2) is 44.5 Å². The first-order valence-electron chi connectivity index (χ1n) is 6.64. The van der Waals surface area contributed by atoms with E-state index in [0.717, 1.165) is 17.9 Å². The molecule has 8 heteroatoms. The van der Waals surface area contributed by atoms with Gasteiger partial charge in [0.1, 0.15) is 5.69 Å². The van der Waals surface area contributed by atoms with E-state index in [4.69, 9.17) is 0 Å². The SMILES string of the molecule is Cc1nnc(-c2c[nH]c(=O)[nH]c2=O)cc1N1CCC(O)C1. The monoisotopic (exact) mass is 289 g/mol. The number of rotatable bonds is 2. The van der Waals surface area contributed by atoms with Crippen LogP contribution < -0.4 is 16.1 Å². The Bertz CT molecular complexity index is 782. The Morgan fingerprint density at radius 3 is 2.86 bits per heavy atom. The lowest BCUT2D eigenvalue weighted by atomic mass is 10.2. The maximum Gasteiger partial charge on any atom is 0.325 e. The zero-order chi connectivity index (χ0) is 15.0. The van der Waals surface area contributed by atoms with Gasteiger partial charge in [-0.15, -0.1) is 5.10 Å². The second-order valence-corrected chi connectivity index (χ2v) is 5.07. The average molecular weight is 289 g/mol. The fourth-order valence-electron chi connectivity index (χ4n) is 2.46. The van der Waals surface area contributed by atoms with E-state index in [1.165, 1.54) is 6.20 Å². The van der Waals surface area contributed by atoms with E-state index < -0.39 is 11.2 Å².